The summed E-state index contributed by atoms with van der Waals surface area (Å²) in [6, 6.07) is 4.89. The summed E-state index contributed by atoms with van der Waals surface area (Å²) in [6.07, 6.45) is 0. The van der Waals surface area contributed by atoms with Gasteiger partial charge in [0, 0.05) is 0 Å². The van der Waals surface area contributed by atoms with Gasteiger partial charge in [-0.25, -0.2) is 18.1 Å². The first-order valence-electron chi connectivity index (χ1n) is 5.87. The number of nitrogens with zero attached hydrogens (tertiary/aromatic N) is 3. The molecule has 20 heavy (non-hydrogen) atoms. The fraction of sp³-hybridized carbons (Fsp3) is 0.250. The van der Waals surface area contributed by atoms with Gasteiger partial charge in [0.05, 0.1) is 17.1 Å². The normalized spacial score (nSPS) is 11.3. The van der Waals surface area contributed by atoms with Gasteiger partial charge in [0.15, 0.2) is 0 Å². The second-order valence-electron chi connectivity index (χ2n) is 4.40. The van der Waals surface area contributed by atoms with Crippen LogP contribution in [0.1, 0.15) is 17.0 Å². The minimum atomic E-state index is -3.84. The molecular formula is C12H15N5O2S. The average Bonchev–Trinajstić information content (AvgIpc) is 2.33. The van der Waals surface area contributed by atoms with E-state index >= 15 is 0 Å². The Kier molecular flexibility index (Phi) is 3.58. The molecule has 2 aromatic rings. The zero-order valence-electron chi connectivity index (χ0n) is 11.4. The van der Waals surface area contributed by atoms with Crippen molar-refractivity contribution in [2.75, 3.05) is 10.5 Å². The van der Waals surface area contributed by atoms with Crippen molar-refractivity contribution in [3.63, 3.8) is 0 Å². The van der Waals surface area contributed by atoms with Gasteiger partial charge >= 0.3 is 0 Å². The highest BCUT2D eigenvalue weighted by atomic mass is 32.2. The lowest BCUT2D eigenvalue weighted by atomic mass is 10.2. The van der Waals surface area contributed by atoms with E-state index in [0.29, 0.717) is 17.0 Å². The third-order valence-corrected chi connectivity index (χ3v) is 4.38. The van der Waals surface area contributed by atoms with E-state index in [1.165, 1.54) is 6.07 Å². The molecule has 8 heteroatoms. The zero-order valence-corrected chi connectivity index (χ0v) is 12.2. The first-order chi connectivity index (χ1) is 9.31. The number of hydrogen-bond donors (Lipinski definition) is 2. The molecule has 1 aromatic carbocycles. The smallest absolute Gasteiger partial charge is 0.266 e. The lowest BCUT2D eigenvalue weighted by Crippen LogP contribution is -2.18. The summed E-state index contributed by atoms with van der Waals surface area (Å²) in [5, 5.41) is 7.55. The quantitative estimate of drug-likeness (QED) is 0.822. The Morgan fingerprint density at radius 3 is 2.40 bits per heavy atom. The van der Waals surface area contributed by atoms with E-state index in [1.807, 2.05) is 0 Å². The third kappa shape index (κ3) is 2.69. The Balaban J connectivity index is 2.43. The van der Waals surface area contributed by atoms with Gasteiger partial charge < -0.3 is 5.73 Å². The zero-order chi connectivity index (χ0) is 14.9. The van der Waals surface area contributed by atoms with Crippen molar-refractivity contribution in [2.24, 2.45) is 0 Å². The summed E-state index contributed by atoms with van der Waals surface area (Å²) in [5.74, 6) is -0.0734. The van der Waals surface area contributed by atoms with Crippen LogP contribution in [0.2, 0.25) is 0 Å². The number of hydrogen-bond acceptors (Lipinski definition) is 6. The fourth-order valence-corrected chi connectivity index (χ4v) is 3.01. The number of nitrogens with one attached hydrogen (secondary N) is 1. The number of sulfonamides is 1. The van der Waals surface area contributed by atoms with Crippen LogP contribution in [-0.4, -0.2) is 23.6 Å². The van der Waals surface area contributed by atoms with Crippen LogP contribution < -0.4 is 10.5 Å². The maximum absolute atomic E-state index is 12.3. The van der Waals surface area contributed by atoms with Crippen LogP contribution in [-0.2, 0) is 10.0 Å². The minimum absolute atomic E-state index is 0.0295. The number of nitrogens with two attached hydrogens (primary N) is 1. The Hall–Kier alpha value is -2.22. The number of benzene rings is 1. The van der Waals surface area contributed by atoms with Crippen molar-refractivity contribution in [2.45, 2.75) is 25.7 Å². The summed E-state index contributed by atoms with van der Waals surface area (Å²) in [7, 11) is -3.84. The Bertz CT molecular complexity index is 738. The van der Waals surface area contributed by atoms with Gasteiger partial charge in [0.1, 0.15) is 4.90 Å². The van der Waals surface area contributed by atoms with Crippen molar-refractivity contribution >= 4 is 21.7 Å². The summed E-state index contributed by atoms with van der Waals surface area (Å²) in [6.45, 7) is 5.14. The molecule has 1 heterocycles. The summed E-state index contributed by atoms with van der Waals surface area (Å²) in [5.41, 5.74) is 7.71. The SMILES string of the molecule is Cc1cccc(N)c1S(=O)(=O)Nc1nnc(C)c(C)n1. The maximum Gasteiger partial charge on any atom is 0.266 e. The lowest BCUT2D eigenvalue weighted by molar-refractivity contribution is 0.600. The van der Waals surface area contributed by atoms with Gasteiger partial charge in [-0.05, 0) is 32.4 Å². The van der Waals surface area contributed by atoms with Gasteiger partial charge in [0.25, 0.3) is 16.0 Å². The molecule has 106 valence electrons. The molecule has 0 spiro atoms. The van der Waals surface area contributed by atoms with E-state index in [4.69, 9.17) is 5.73 Å². The molecule has 0 bridgehead atoms. The minimum Gasteiger partial charge on any atom is -0.398 e. The predicted octanol–water partition coefficient (Wildman–Crippen LogP) is 1.18. The van der Waals surface area contributed by atoms with Crippen molar-refractivity contribution < 1.29 is 8.42 Å². The van der Waals surface area contributed by atoms with Crippen LogP contribution in [0.25, 0.3) is 0 Å². The lowest BCUT2D eigenvalue weighted by Gasteiger charge is -2.11. The highest BCUT2D eigenvalue weighted by Crippen LogP contribution is 2.23. The molecule has 0 aliphatic rings. The number of anilines is 2. The number of aryl methyl sites for hydroxylation is 3. The van der Waals surface area contributed by atoms with E-state index in [0.717, 1.165) is 0 Å². The highest BCUT2D eigenvalue weighted by Gasteiger charge is 2.21. The predicted molar refractivity (Wildman–Crippen MR) is 75.7 cm³/mol. The Morgan fingerprint density at radius 1 is 1.10 bits per heavy atom. The second kappa shape index (κ2) is 5.04. The van der Waals surface area contributed by atoms with E-state index in [2.05, 4.69) is 19.9 Å². The van der Waals surface area contributed by atoms with Crippen LogP contribution >= 0.6 is 0 Å². The molecule has 0 radical (unpaired) electrons. The van der Waals surface area contributed by atoms with Crippen LogP contribution in [0.3, 0.4) is 0 Å². The van der Waals surface area contributed by atoms with Crippen molar-refractivity contribution in [3.8, 4) is 0 Å². The van der Waals surface area contributed by atoms with Crippen LogP contribution in [0.4, 0.5) is 11.6 Å². The van der Waals surface area contributed by atoms with Gasteiger partial charge in [0.2, 0.25) is 0 Å². The molecule has 0 atom stereocenters. The summed E-state index contributed by atoms with van der Waals surface area (Å²) >= 11 is 0. The topological polar surface area (TPSA) is 111 Å². The summed E-state index contributed by atoms with van der Waals surface area (Å²) < 4.78 is 27.0. The fourth-order valence-electron chi connectivity index (χ4n) is 1.71. The Morgan fingerprint density at radius 2 is 1.80 bits per heavy atom. The summed E-state index contributed by atoms with van der Waals surface area (Å²) in [4.78, 5) is 4.07. The van der Waals surface area contributed by atoms with Gasteiger partial charge in [-0.1, -0.05) is 12.1 Å². The molecule has 0 aliphatic heterocycles. The molecule has 0 fully saturated rings. The molecule has 0 saturated carbocycles. The van der Waals surface area contributed by atoms with E-state index in [1.54, 1.807) is 32.9 Å². The molecule has 2 rings (SSSR count). The second-order valence-corrected chi connectivity index (χ2v) is 6.02. The van der Waals surface area contributed by atoms with Gasteiger partial charge in [-0.15, -0.1) is 5.10 Å². The molecule has 0 saturated heterocycles. The monoisotopic (exact) mass is 293 g/mol. The van der Waals surface area contributed by atoms with Gasteiger partial charge in [-0.3, -0.25) is 0 Å². The Labute approximate surface area is 117 Å². The van der Waals surface area contributed by atoms with Crippen LogP contribution in [0.5, 0.6) is 0 Å². The molecule has 1 aromatic heterocycles. The molecule has 3 N–H and O–H groups in total. The van der Waals surface area contributed by atoms with E-state index in [-0.39, 0.29) is 16.5 Å². The van der Waals surface area contributed by atoms with Crippen LogP contribution in [0, 0.1) is 20.8 Å². The molecular weight excluding hydrogens is 278 g/mol. The van der Waals surface area contributed by atoms with Crippen molar-refractivity contribution in [3.05, 3.63) is 35.2 Å². The van der Waals surface area contributed by atoms with E-state index < -0.39 is 10.0 Å². The van der Waals surface area contributed by atoms with Gasteiger partial charge in [-0.2, -0.15) is 5.10 Å². The number of rotatable bonds is 3. The number of aromatic nitrogens is 3. The molecule has 0 amide bonds. The third-order valence-electron chi connectivity index (χ3n) is 2.83. The number of nitrogen functional groups attached to an aromatic ring is 1. The van der Waals surface area contributed by atoms with Crippen LogP contribution in [0.15, 0.2) is 23.1 Å². The maximum atomic E-state index is 12.3. The molecule has 0 unspecified atom stereocenters. The standard InChI is InChI=1S/C12H15N5O2S/c1-7-5-4-6-10(13)11(7)20(18,19)17-12-14-8(2)9(3)15-16-12/h4-6H,13H2,1-3H3,(H,14,16,17). The van der Waals surface area contributed by atoms with Crippen molar-refractivity contribution in [1.82, 2.24) is 15.2 Å². The molecule has 7 nitrogen and oxygen atoms in total. The van der Waals surface area contributed by atoms with E-state index in [9.17, 15) is 8.42 Å². The highest BCUT2D eigenvalue weighted by molar-refractivity contribution is 7.93. The first-order valence-corrected chi connectivity index (χ1v) is 7.35. The largest absolute Gasteiger partial charge is 0.398 e. The molecule has 0 aliphatic carbocycles. The average molecular weight is 293 g/mol. The van der Waals surface area contributed by atoms with Crippen molar-refractivity contribution in [1.29, 1.82) is 0 Å². The first kappa shape index (κ1) is 14.2.